The lowest BCUT2D eigenvalue weighted by molar-refractivity contribution is 0.0264. The van der Waals surface area contributed by atoms with E-state index in [0.717, 1.165) is 18.6 Å². The van der Waals surface area contributed by atoms with Crippen molar-refractivity contribution in [2.75, 3.05) is 32.1 Å². The predicted molar refractivity (Wildman–Crippen MR) is 85.5 cm³/mol. The maximum atomic E-state index is 12.5. The topological polar surface area (TPSA) is 89.7 Å². The first-order valence-corrected chi connectivity index (χ1v) is 10.2. The zero-order chi connectivity index (χ0) is 16.9. The van der Waals surface area contributed by atoms with Crippen molar-refractivity contribution in [3.05, 3.63) is 17.5 Å². The molecule has 1 saturated carbocycles. The largest absolute Gasteiger partial charge is 0.381 e. The highest BCUT2D eigenvalue weighted by Crippen LogP contribution is 2.45. The van der Waals surface area contributed by atoms with Crippen molar-refractivity contribution in [1.82, 2.24) is 10.1 Å². The summed E-state index contributed by atoms with van der Waals surface area (Å²) >= 11 is 0. The normalized spacial score (nSPS) is 27.4. The summed E-state index contributed by atoms with van der Waals surface area (Å²) in [7, 11) is -3.19. The fraction of sp³-hybridized carbons (Fsp3) is 0.750. The van der Waals surface area contributed by atoms with Gasteiger partial charge in [-0.15, -0.1) is 0 Å². The van der Waals surface area contributed by atoms with Crippen LogP contribution in [-0.2, 0) is 14.6 Å². The predicted octanol–water partition coefficient (Wildman–Crippen LogP) is 1.22. The highest BCUT2D eigenvalue weighted by atomic mass is 32.2. The van der Waals surface area contributed by atoms with Crippen LogP contribution in [0.2, 0.25) is 0 Å². The van der Waals surface area contributed by atoms with Crippen molar-refractivity contribution in [3.8, 4) is 0 Å². The summed E-state index contributed by atoms with van der Waals surface area (Å²) in [5.41, 5.74) is 0.281. The van der Waals surface area contributed by atoms with Gasteiger partial charge in [0.2, 0.25) is 0 Å². The number of hydrogen-bond donors (Lipinski definition) is 0. The summed E-state index contributed by atoms with van der Waals surface area (Å²) in [6.45, 7) is 3.37. The maximum Gasteiger partial charge on any atom is 0.276 e. The summed E-state index contributed by atoms with van der Waals surface area (Å²) < 4.78 is 34.9. The Morgan fingerprint density at radius 2 is 2.17 bits per heavy atom. The average Bonchev–Trinajstić information content (AvgIpc) is 3.17. The number of nitrogens with zero attached hydrogens (tertiary/aromatic N) is 2. The summed E-state index contributed by atoms with van der Waals surface area (Å²) in [5, 5.41) is 3.86. The van der Waals surface area contributed by atoms with Gasteiger partial charge in [0.05, 0.1) is 12.4 Å². The van der Waals surface area contributed by atoms with Gasteiger partial charge in [-0.1, -0.05) is 5.16 Å². The second-order valence-corrected chi connectivity index (χ2v) is 9.53. The highest BCUT2D eigenvalue weighted by molar-refractivity contribution is 7.93. The number of carbonyl (C=O) groups excluding carboxylic acids is 1. The molecule has 3 aliphatic rings. The summed E-state index contributed by atoms with van der Waals surface area (Å²) in [5.74, 6) is 1.06. The Kier molecular flexibility index (Phi) is 3.72. The lowest BCUT2D eigenvalue weighted by Crippen LogP contribution is -2.68. The van der Waals surface area contributed by atoms with Crippen molar-refractivity contribution in [2.24, 2.45) is 5.92 Å². The van der Waals surface area contributed by atoms with Crippen LogP contribution in [0, 0.1) is 5.92 Å². The molecule has 1 aromatic rings. The van der Waals surface area contributed by atoms with E-state index in [2.05, 4.69) is 5.16 Å². The summed E-state index contributed by atoms with van der Waals surface area (Å²) in [6.07, 6.45) is 2.76. The first-order valence-electron chi connectivity index (χ1n) is 8.53. The van der Waals surface area contributed by atoms with Crippen LogP contribution in [0.4, 0.5) is 0 Å². The molecule has 24 heavy (non-hydrogen) atoms. The van der Waals surface area contributed by atoms with Crippen molar-refractivity contribution < 1.29 is 22.5 Å². The molecule has 1 spiro atoms. The van der Waals surface area contributed by atoms with Gasteiger partial charge in [-0.2, -0.15) is 0 Å². The summed E-state index contributed by atoms with van der Waals surface area (Å²) in [4.78, 5) is 14.1. The molecule has 2 saturated heterocycles. The van der Waals surface area contributed by atoms with Gasteiger partial charge >= 0.3 is 0 Å². The fourth-order valence-electron chi connectivity index (χ4n) is 3.82. The number of amides is 1. The Morgan fingerprint density at radius 1 is 1.42 bits per heavy atom. The number of ether oxygens (including phenoxy) is 1. The average molecular weight is 354 g/mol. The van der Waals surface area contributed by atoms with Gasteiger partial charge in [0.25, 0.3) is 5.91 Å². The van der Waals surface area contributed by atoms with Gasteiger partial charge in [0.15, 0.2) is 15.5 Å². The first-order chi connectivity index (χ1) is 11.5. The van der Waals surface area contributed by atoms with Crippen molar-refractivity contribution in [3.63, 3.8) is 0 Å². The summed E-state index contributed by atoms with van der Waals surface area (Å²) in [6, 6.07) is 1.70. The Bertz CT molecular complexity index is 746. The number of likely N-dealkylation sites (tertiary alicyclic amines) is 1. The smallest absolute Gasteiger partial charge is 0.276 e. The maximum absolute atomic E-state index is 12.5. The molecule has 1 aromatic heterocycles. The van der Waals surface area contributed by atoms with Crippen LogP contribution in [0.15, 0.2) is 10.6 Å². The molecule has 4 rings (SSSR count). The monoisotopic (exact) mass is 354 g/mol. The fourth-order valence-corrected chi connectivity index (χ4v) is 6.22. The molecule has 2 aliphatic heterocycles. The molecule has 1 unspecified atom stereocenters. The van der Waals surface area contributed by atoms with E-state index in [1.165, 1.54) is 0 Å². The van der Waals surface area contributed by atoms with E-state index >= 15 is 0 Å². The van der Waals surface area contributed by atoms with Gasteiger partial charge in [-0.05, 0) is 26.2 Å². The molecule has 0 aromatic carbocycles. The number of carbonyl (C=O) groups is 1. The van der Waals surface area contributed by atoms with Gasteiger partial charge in [0, 0.05) is 37.6 Å². The molecule has 7 nitrogen and oxygen atoms in total. The van der Waals surface area contributed by atoms with Crippen molar-refractivity contribution in [2.45, 2.75) is 36.9 Å². The molecule has 1 amide bonds. The van der Waals surface area contributed by atoms with Crippen LogP contribution < -0.4 is 0 Å². The molecule has 8 heteroatoms. The standard InChI is InChI=1S/C16H22N2O5S/c1-2-22-8-12-5-6-24(20,21)16(12)9-18(10-16)15(19)13-7-14(23-17-13)11-3-4-11/h7,11-12H,2-6,8-10H2,1H3. The van der Waals surface area contributed by atoms with Gasteiger partial charge in [-0.3, -0.25) is 4.79 Å². The van der Waals surface area contributed by atoms with Crippen molar-refractivity contribution >= 4 is 15.7 Å². The number of rotatable bonds is 5. The molecule has 1 aliphatic carbocycles. The van der Waals surface area contributed by atoms with Crippen LogP contribution >= 0.6 is 0 Å². The molecule has 0 radical (unpaired) electrons. The highest BCUT2D eigenvalue weighted by Gasteiger charge is 2.62. The minimum absolute atomic E-state index is 0.0363. The minimum atomic E-state index is -3.19. The van der Waals surface area contributed by atoms with E-state index in [-0.39, 0.29) is 36.4 Å². The number of aromatic nitrogens is 1. The Hall–Kier alpha value is -1.41. The first kappa shape index (κ1) is 16.1. The van der Waals surface area contributed by atoms with E-state index in [1.54, 1.807) is 11.0 Å². The van der Waals surface area contributed by atoms with E-state index in [0.29, 0.717) is 25.6 Å². The van der Waals surface area contributed by atoms with E-state index < -0.39 is 14.6 Å². The van der Waals surface area contributed by atoms with E-state index in [4.69, 9.17) is 9.26 Å². The lowest BCUT2D eigenvalue weighted by atomic mass is 9.83. The third kappa shape index (κ3) is 2.38. The van der Waals surface area contributed by atoms with Gasteiger partial charge in [0.1, 0.15) is 10.5 Å². The second-order valence-electron chi connectivity index (χ2n) is 7.08. The zero-order valence-electron chi connectivity index (χ0n) is 13.7. The van der Waals surface area contributed by atoms with E-state index in [1.807, 2.05) is 6.92 Å². The second kappa shape index (κ2) is 5.56. The minimum Gasteiger partial charge on any atom is -0.381 e. The third-order valence-corrected chi connectivity index (χ3v) is 8.16. The van der Waals surface area contributed by atoms with Crippen LogP contribution in [0.1, 0.15) is 48.4 Å². The van der Waals surface area contributed by atoms with Crippen molar-refractivity contribution in [1.29, 1.82) is 0 Å². The quantitative estimate of drug-likeness (QED) is 0.790. The molecule has 0 bridgehead atoms. The van der Waals surface area contributed by atoms with Gasteiger partial charge < -0.3 is 14.2 Å². The molecule has 3 heterocycles. The van der Waals surface area contributed by atoms with Crippen LogP contribution in [0.3, 0.4) is 0 Å². The third-order valence-electron chi connectivity index (χ3n) is 5.55. The Labute approximate surface area is 141 Å². The molecular formula is C16H22N2O5S. The molecule has 132 valence electrons. The van der Waals surface area contributed by atoms with Gasteiger partial charge in [-0.25, -0.2) is 8.42 Å². The van der Waals surface area contributed by atoms with Crippen LogP contribution in [0.25, 0.3) is 0 Å². The molecule has 0 N–H and O–H groups in total. The number of hydrogen-bond acceptors (Lipinski definition) is 6. The van der Waals surface area contributed by atoms with Crippen LogP contribution in [-0.4, -0.2) is 61.2 Å². The molecular weight excluding hydrogens is 332 g/mol. The Balaban J connectivity index is 1.47. The Morgan fingerprint density at radius 3 is 2.83 bits per heavy atom. The number of sulfone groups is 1. The van der Waals surface area contributed by atoms with E-state index in [9.17, 15) is 13.2 Å². The SMILES string of the molecule is CCOCC1CCS(=O)(=O)C12CN(C(=O)c1cc(C3CC3)on1)C2. The zero-order valence-corrected chi connectivity index (χ0v) is 14.5. The lowest BCUT2D eigenvalue weighted by Gasteiger charge is -2.49. The molecule has 1 atom stereocenters. The van der Waals surface area contributed by atoms with Crippen LogP contribution in [0.5, 0.6) is 0 Å². The molecule has 3 fully saturated rings.